The number of allylic oxidation sites excluding steroid dienone is 1. The maximum absolute atomic E-state index is 12.9. The number of carbonyl (C=O) groups is 1. The molecule has 0 aliphatic rings. The minimum Gasteiger partial charge on any atom is -0.465 e. The predicted octanol–water partition coefficient (Wildman–Crippen LogP) is 5.54. The third-order valence-corrected chi connectivity index (χ3v) is 4.89. The molecule has 0 bridgehead atoms. The van der Waals surface area contributed by atoms with E-state index in [1.165, 1.54) is 17.3 Å². The van der Waals surface area contributed by atoms with Crippen molar-refractivity contribution in [3.8, 4) is 11.3 Å². The average Bonchev–Trinajstić information content (AvgIpc) is 3.28. The van der Waals surface area contributed by atoms with Gasteiger partial charge in [-0.05, 0) is 67.5 Å². The van der Waals surface area contributed by atoms with Crippen LogP contribution in [0.15, 0.2) is 82.5 Å². The number of carbonyl (C=O) groups excluding carboxylic acids is 1. The number of hydrogen-bond donors (Lipinski definition) is 1. The third kappa shape index (κ3) is 4.20. The molecule has 0 radical (unpaired) electrons. The van der Waals surface area contributed by atoms with Crippen LogP contribution in [-0.2, 0) is 0 Å². The van der Waals surface area contributed by atoms with Crippen molar-refractivity contribution in [1.82, 2.24) is 10.4 Å². The van der Waals surface area contributed by atoms with Crippen LogP contribution in [-0.4, -0.2) is 17.1 Å². The molecule has 2 aromatic carbocycles. The number of aryl methyl sites for hydroxylation is 2. The van der Waals surface area contributed by atoms with Gasteiger partial charge in [-0.1, -0.05) is 30.3 Å². The van der Waals surface area contributed by atoms with E-state index in [1.54, 1.807) is 24.5 Å². The summed E-state index contributed by atoms with van der Waals surface area (Å²) in [4.78, 5) is 17.6. The summed E-state index contributed by atoms with van der Waals surface area (Å²) < 4.78 is 5.21. The van der Waals surface area contributed by atoms with Crippen molar-refractivity contribution in [2.75, 3.05) is 0 Å². The highest BCUT2D eigenvalue weighted by atomic mass is 16.3. The van der Waals surface area contributed by atoms with Crippen LogP contribution in [0.2, 0.25) is 0 Å². The average molecular weight is 395 g/mol. The van der Waals surface area contributed by atoms with Crippen molar-refractivity contribution in [3.63, 3.8) is 0 Å². The zero-order chi connectivity index (χ0) is 20.9. The molecule has 0 fully saturated rings. The fourth-order valence-electron chi connectivity index (χ4n) is 3.14. The van der Waals surface area contributed by atoms with Crippen molar-refractivity contribution in [1.29, 1.82) is 0 Å². The molecule has 0 aliphatic heterocycles. The van der Waals surface area contributed by atoms with Gasteiger partial charge in [0.05, 0.1) is 23.0 Å². The Hall–Kier alpha value is -3.99. The minimum absolute atomic E-state index is 0.290. The normalized spacial score (nSPS) is 11.5. The Morgan fingerprint density at radius 1 is 1.03 bits per heavy atom. The highest BCUT2D eigenvalue weighted by molar-refractivity contribution is 6.07. The molecule has 148 valence electrons. The van der Waals surface area contributed by atoms with Gasteiger partial charge in [0.15, 0.2) is 0 Å². The first-order chi connectivity index (χ1) is 14.6. The number of hydrazone groups is 1. The number of nitrogens with zero attached hydrogens (tertiary/aromatic N) is 2. The number of benzene rings is 2. The first-order valence-electron chi connectivity index (χ1n) is 9.63. The van der Waals surface area contributed by atoms with E-state index in [4.69, 9.17) is 9.40 Å². The number of aromatic nitrogens is 1. The van der Waals surface area contributed by atoms with Crippen molar-refractivity contribution >= 4 is 29.1 Å². The van der Waals surface area contributed by atoms with Gasteiger partial charge in [-0.15, -0.1) is 0 Å². The molecule has 4 rings (SSSR count). The molecule has 5 nitrogen and oxygen atoms in total. The van der Waals surface area contributed by atoms with E-state index in [1.807, 2.05) is 42.5 Å². The number of fused-ring (bicyclic) bond motifs is 1. The molecule has 0 spiro atoms. The lowest BCUT2D eigenvalue weighted by atomic mass is 10.0. The number of para-hydroxylation sites is 1. The van der Waals surface area contributed by atoms with Crippen molar-refractivity contribution in [3.05, 3.63) is 95.5 Å². The van der Waals surface area contributed by atoms with Crippen LogP contribution in [0.1, 0.15) is 27.2 Å². The molecule has 5 heteroatoms. The Balaban J connectivity index is 1.63. The van der Waals surface area contributed by atoms with Crippen molar-refractivity contribution in [2.24, 2.45) is 5.10 Å². The van der Waals surface area contributed by atoms with E-state index in [0.717, 1.165) is 22.2 Å². The van der Waals surface area contributed by atoms with Crippen molar-refractivity contribution < 1.29 is 9.21 Å². The van der Waals surface area contributed by atoms with Gasteiger partial charge in [0, 0.05) is 17.2 Å². The molecule has 2 heterocycles. The van der Waals surface area contributed by atoms with Crippen LogP contribution in [0.4, 0.5) is 0 Å². The summed E-state index contributed by atoms with van der Waals surface area (Å²) in [5, 5.41) is 4.79. The Labute approximate surface area is 174 Å². The first kappa shape index (κ1) is 19.3. The third-order valence-electron chi connectivity index (χ3n) is 4.89. The Morgan fingerprint density at radius 2 is 1.90 bits per heavy atom. The van der Waals surface area contributed by atoms with E-state index in [2.05, 4.69) is 36.5 Å². The van der Waals surface area contributed by atoms with Gasteiger partial charge in [-0.25, -0.2) is 10.4 Å². The molecule has 2 aromatic heterocycles. The minimum atomic E-state index is -0.290. The lowest BCUT2D eigenvalue weighted by molar-refractivity contribution is 0.0957. The standard InChI is InChI=1S/C25H21N3O2/c1-17-11-12-19(15-18(17)2)24-16-22(21-9-3-4-10-23(21)27-24)25(29)28-26-13-5-7-20-8-6-14-30-20/h3-16H,1-2H3,(H,28,29). The Morgan fingerprint density at radius 3 is 2.70 bits per heavy atom. The molecule has 30 heavy (non-hydrogen) atoms. The van der Waals surface area contributed by atoms with Gasteiger partial charge in [0.2, 0.25) is 0 Å². The molecule has 4 aromatic rings. The maximum Gasteiger partial charge on any atom is 0.272 e. The van der Waals surface area contributed by atoms with Gasteiger partial charge in [-0.3, -0.25) is 4.79 Å². The highest BCUT2D eigenvalue weighted by Gasteiger charge is 2.13. The van der Waals surface area contributed by atoms with Crippen LogP contribution < -0.4 is 5.43 Å². The molecule has 0 aliphatic carbocycles. The lowest BCUT2D eigenvalue weighted by Crippen LogP contribution is -2.18. The van der Waals surface area contributed by atoms with Gasteiger partial charge in [0.25, 0.3) is 5.91 Å². The predicted molar refractivity (Wildman–Crippen MR) is 120 cm³/mol. The largest absolute Gasteiger partial charge is 0.465 e. The summed E-state index contributed by atoms with van der Waals surface area (Å²) in [7, 11) is 0. The second kappa shape index (κ2) is 8.57. The zero-order valence-electron chi connectivity index (χ0n) is 16.8. The van der Waals surface area contributed by atoms with Crippen LogP contribution in [0.5, 0.6) is 0 Å². The van der Waals surface area contributed by atoms with E-state index < -0.39 is 0 Å². The highest BCUT2D eigenvalue weighted by Crippen LogP contribution is 2.26. The van der Waals surface area contributed by atoms with Crippen LogP contribution >= 0.6 is 0 Å². The zero-order valence-corrected chi connectivity index (χ0v) is 16.8. The Bertz CT molecular complexity index is 1250. The lowest BCUT2D eigenvalue weighted by Gasteiger charge is -2.10. The van der Waals surface area contributed by atoms with Crippen molar-refractivity contribution in [2.45, 2.75) is 13.8 Å². The molecule has 1 amide bonds. The van der Waals surface area contributed by atoms with Gasteiger partial charge in [-0.2, -0.15) is 5.10 Å². The molecular weight excluding hydrogens is 374 g/mol. The van der Waals surface area contributed by atoms with Gasteiger partial charge in [0.1, 0.15) is 5.76 Å². The fraction of sp³-hybridized carbons (Fsp3) is 0.0800. The number of pyridine rings is 1. The Kier molecular flexibility index (Phi) is 5.52. The van der Waals surface area contributed by atoms with Crippen LogP contribution in [0.25, 0.3) is 28.2 Å². The quantitative estimate of drug-likeness (QED) is 0.356. The number of rotatable bonds is 5. The van der Waals surface area contributed by atoms with Crippen LogP contribution in [0, 0.1) is 13.8 Å². The first-order valence-corrected chi connectivity index (χ1v) is 9.63. The SMILES string of the molecule is Cc1ccc(-c2cc(C(=O)NN=CC=Cc3ccco3)c3ccccc3n2)cc1C. The summed E-state index contributed by atoms with van der Waals surface area (Å²) in [5.41, 5.74) is 8.01. The molecule has 0 unspecified atom stereocenters. The summed E-state index contributed by atoms with van der Waals surface area (Å²) in [6.45, 7) is 4.14. The summed E-state index contributed by atoms with van der Waals surface area (Å²) in [6, 6.07) is 19.2. The van der Waals surface area contributed by atoms with E-state index in [-0.39, 0.29) is 5.91 Å². The molecule has 0 saturated carbocycles. The fourth-order valence-corrected chi connectivity index (χ4v) is 3.14. The monoisotopic (exact) mass is 395 g/mol. The second-order valence-electron chi connectivity index (χ2n) is 6.96. The number of furan rings is 1. The number of nitrogens with one attached hydrogen (secondary N) is 1. The molecule has 0 atom stereocenters. The summed E-state index contributed by atoms with van der Waals surface area (Å²) in [5.74, 6) is 0.423. The van der Waals surface area contributed by atoms with Gasteiger partial charge >= 0.3 is 0 Å². The van der Waals surface area contributed by atoms with E-state index in [0.29, 0.717) is 11.3 Å². The maximum atomic E-state index is 12.9. The van der Waals surface area contributed by atoms with E-state index in [9.17, 15) is 4.79 Å². The summed E-state index contributed by atoms with van der Waals surface area (Å²) >= 11 is 0. The number of hydrogen-bond acceptors (Lipinski definition) is 4. The topological polar surface area (TPSA) is 67.5 Å². The van der Waals surface area contributed by atoms with E-state index >= 15 is 0 Å². The van der Waals surface area contributed by atoms with Crippen LogP contribution in [0.3, 0.4) is 0 Å². The van der Waals surface area contributed by atoms with Gasteiger partial charge < -0.3 is 4.42 Å². The molecule has 0 saturated heterocycles. The molecular formula is C25H21N3O2. The summed E-state index contributed by atoms with van der Waals surface area (Å²) in [6.07, 6.45) is 6.56. The smallest absolute Gasteiger partial charge is 0.272 e. The second-order valence-corrected chi connectivity index (χ2v) is 6.96. The molecule has 1 N–H and O–H groups in total. The number of amides is 1.